The second-order valence-electron chi connectivity index (χ2n) is 4.07. The minimum Gasteiger partial charge on any atom is -0.424 e. The van der Waals surface area contributed by atoms with Gasteiger partial charge in [-0.1, -0.05) is 20.8 Å². The second kappa shape index (κ2) is 3.46. The lowest BCUT2D eigenvalue weighted by Crippen LogP contribution is -2.11. The van der Waals surface area contributed by atoms with Crippen LogP contribution in [0.5, 0.6) is 0 Å². The zero-order valence-electron chi connectivity index (χ0n) is 8.26. The van der Waals surface area contributed by atoms with E-state index in [-0.39, 0.29) is 11.3 Å². The van der Waals surface area contributed by atoms with E-state index >= 15 is 0 Å². The van der Waals surface area contributed by atoms with E-state index in [1.807, 2.05) is 20.8 Å². The topological polar surface area (TPSA) is 96.5 Å². The molecule has 1 aromatic heterocycles. The van der Waals surface area contributed by atoms with Crippen LogP contribution in [0.15, 0.2) is 4.42 Å². The Hall–Kier alpha value is -0.710. The maximum atomic E-state index is 10.6. The summed E-state index contributed by atoms with van der Waals surface area (Å²) >= 11 is 0. The van der Waals surface area contributed by atoms with Gasteiger partial charge in [0.05, 0.1) is 0 Å². The molecule has 6 nitrogen and oxygen atoms in total. The number of hydrogen-bond donors (Lipinski definition) is 2. The third-order valence-electron chi connectivity index (χ3n) is 1.45. The van der Waals surface area contributed by atoms with Gasteiger partial charge in [-0.15, -0.1) is 10.2 Å². The molecule has 0 aliphatic heterocycles. The fourth-order valence-electron chi connectivity index (χ4n) is 0.797. The Morgan fingerprint density at radius 2 is 1.93 bits per heavy atom. The van der Waals surface area contributed by atoms with Crippen LogP contribution in [-0.2, 0) is 16.1 Å². The fourth-order valence-corrected chi connectivity index (χ4v) is 1.28. The number of nitrogens with zero attached hydrogens (tertiary/aromatic N) is 2. The Morgan fingerprint density at radius 3 is 2.29 bits per heavy atom. The summed E-state index contributed by atoms with van der Waals surface area (Å²) in [5.74, 6) is 0.351. The largest absolute Gasteiger partial charge is 0.424 e. The molecule has 0 amide bonds. The molecule has 0 unspecified atom stereocenters. The highest BCUT2D eigenvalue weighted by atomic mass is 31.2. The Morgan fingerprint density at radius 1 is 1.36 bits per heavy atom. The summed E-state index contributed by atoms with van der Waals surface area (Å²) in [4.78, 5) is 17.3. The minimum atomic E-state index is -4.12. The number of hydrogen-bond acceptors (Lipinski definition) is 4. The highest BCUT2D eigenvalue weighted by Gasteiger charge is 2.24. The molecule has 14 heavy (non-hydrogen) atoms. The number of aromatic nitrogens is 2. The van der Waals surface area contributed by atoms with E-state index in [4.69, 9.17) is 14.2 Å². The molecule has 0 fully saturated rings. The third-order valence-corrected chi connectivity index (χ3v) is 2.13. The van der Waals surface area contributed by atoms with E-state index in [9.17, 15) is 4.57 Å². The van der Waals surface area contributed by atoms with Crippen molar-refractivity contribution in [1.29, 1.82) is 0 Å². The van der Waals surface area contributed by atoms with Crippen LogP contribution in [0, 0.1) is 0 Å². The molecule has 0 atom stereocenters. The summed E-state index contributed by atoms with van der Waals surface area (Å²) in [5, 5.41) is 7.27. The summed E-state index contributed by atoms with van der Waals surface area (Å²) in [6.45, 7) is 5.63. The van der Waals surface area contributed by atoms with E-state index in [1.165, 1.54) is 0 Å². The van der Waals surface area contributed by atoms with Gasteiger partial charge in [0.2, 0.25) is 11.8 Å². The lowest BCUT2D eigenvalue weighted by Gasteiger charge is -2.10. The molecule has 0 saturated carbocycles. The normalized spacial score (nSPS) is 13.2. The molecule has 0 bridgehead atoms. The molecule has 0 radical (unpaired) electrons. The van der Waals surface area contributed by atoms with Crippen LogP contribution in [0.3, 0.4) is 0 Å². The van der Waals surface area contributed by atoms with Gasteiger partial charge in [0, 0.05) is 5.41 Å². The molecule has 2 N–H and O–H groups in total. The molecule has 1 rings (SSSR count). The first-order valence-corrected chi connectivity index (χ1v) is 5.86. The van der Waals surface area contributed by atoms with Gasteiger partial charge < -0.3 is 14.2 Å². The lowest BCUT2D eigenvalue weighted by atomic mass is 9.97. The molecule has 0 aromatic carbocycles. The maximum Gasteiger partial charge on any atom is 0.334 e. The quantitative estimate of drug-likeness (QED) is 0.723. The van der Waals surface area contributed by atoms with Gasteiger partial charge in [0.1, 0.15) is 6.16 Å². The lowest BCUT2D eigenvalue weighted by molar-refractivity contribution is 0.349. The molecule has 80 valence electrons. The van der Waals surface area contributed by atoms with Crippen LogP contribution in [0.1, 0.15) is 32.6 Å². The Kier molecular flexibility index (Phi) is 2.81. The SMILES string of the molecule is CC(C)(C)c1nnc(CP(=O)(O)O)o1. The van der Waals surface area contributed by atoms with Crippen molar-refractivity contribution < 1.29 is 18.8 Å². The standard InChI is InChI=1S/C7H13N2O4P/c1-7(2,3)6-9-8-5(13-6)4-14(10,11)12/h4H2,1-3H3,(H2,10,11,12). The molecule has 1 aromatic rings. The van der Waals surface area contributed by atoms with Crippen molar-refractivity contribution in [2.24, 2.45) is 0 Å². The predicted octanol–water partition coefficient (Wildman–Crippen LogP) is 1.04. The van der Waals surface area contributed by atoms with E-state index in [1.54, 1.807) is 0 Å². The van der Waals surface area contributed by atoms with E-state index in [2.05, 4.69) is 10.2 Å². The first kappa shape index (κ1) is 11.4. The molecule has 1 heterocycles. The molecule has 0 saturated heterocycles. The van der Waals surface area contributed by atoms with Crippen molar-refractivity contribution in [3.05, 3.63) is 11.8 Å². The maximum absolute atomic E-state index is 10.6. The van der Waals surface area contributed by atoms with E-state index < -0.39 is 13.8 Å². The van der Waals surface area contributed by atoms with Crippen LogP contribution in [-0.4, -0.2) is 20.0 Å². The van der Waals surface area contributed by atoms with Crippen molar-refractivity contribution >= 4 is 7.60 Å². The van der Waals surface area contributed by atoms with Crippen LogP contribution < -0.4 is 0 Å². The Balaban J connectivity index is 2.85. The zero-order chi connectivity index (χ0) is 11.0. The number of rotatable bonds is 2. The first-order chi connectivity index (χ1) is 6.18. The monoisotopic (exact) mass is 220 g/mol. The van der Waals surface area contributed by atoms with Crippen LogP contribution >= 0.6 is 7.60 Å². The Labute approximate surface area is 81.5 Å². The summed E-state index contributed by atoms with van der Waals surface area (Å²) < 4.78 is 15.7. The fraction of sp³-hybridized carbons (Fsp3) is 0.714. The second-order valence-corrected chi connectivity index (χ2v) is 5.72. The van der Waals surface area contributed by atoms with Gasteiger partial charge in [-0.2, -0.15) is 0 Å². The summed E-state index contributed by atoms with van der Waals surface area (Å²) in [6, 6.07) is 0. The predicted molar refractivity (Wildman–Crippen MR) is 48.7 cm³/mol. The van der Waals surface area contributed by atoms with Crippen molar-refractivity contribution in [3.8, 4) is 0 Å². The van der Waals surface area contributed by atoms with Crippen molar-refractivity contribution in [3.63, 3.8) is 0 Å². The minimum absolute atomic E-state index is 0.0248. The van der Waals surface area contributed by atoms with Crippen LogP contribution in [0.4, 0.5) is 0 Å². The molecular formula is C7H13N2O4P. The van der Waals surface area contributed by atoms with Crippen molar-refractivity contribution in [2.75, 3.05) is 0 Å². The molecular weight excluding hydrogens is 207 g/mol. The van der Waals surface area contributed by atoms with Crippen LogP contribution in [0.25, 0.3) is 0 Å². The van der Waals surface area contributed by atoms with Crippen LogP contribution in [0.2, 0.25) is 0 Å². The Bertz CT molecular complexity index is 362. The smallest absolute Gasteiger partial charge is 0.334 e. The third kappa shape index (κ3) is 3.21. The summed E-state index contributed by atoms with van der Waals surface area (Å²) in [6.07, 6.45) is -0.504. The highest BCUT2D eigenvalue weighted by molar-refractivity contribution is 7.50. The zero-order valence-corrected chi connectivity index (χ0v) is 9.15. The van der Waals surface area contributed by atoms with Gasteiger partial charge in [-0.25, -0.2) is 0 Å². The van der Waals surface area contributed by atoms with Gasteiger partial charge in [-0.05, 0) is 0 Å². The molecule has 0 aliphatic carbocycles. The highest BCUT2D eigenvalue weighted by Crippen LogP contribution is 2.38. The van der Waals surface area contributed by atoms with Gasteiger partial charge in [0.25, 0.3) is 0 Å². The van der Waals surface area contributed by atoms with E-state index in [0.717, 1.165) is 0 Å². The summed E-state index contributed by atoms with van der Waals surface area (Å²) in [7, 11) is -4.12. The first-order valence-electron chi connectivity index (χ1n) is 4.06. The summed E-state index contributed by atoms with van der Waals surface area (Å²) in [5.41, 5.74) is -0.305. The van der Waals surface area contributed by atoms with Crippen molar-refractivity contribution in [1.82, 2.24) is 10.2 Å². The van der Waals surface area contributed by atoms with Gasteiger partial charge in [0.15, 0.2) is 0 Å². The van der Waals surface area contributed by atoms with Gasteiger partial charge >= 0.3 is 7.60 Å². The van der Waals surface area contributed by atoms with E-state index in [0.29, 0.717) is 5.89 Å². The molecule has 7 heteroatoms. The van der Waals surface area contributed by atoms with Crippen molar-refractivity contribution in [2.45, 2.75) is 32.3 Å². The molecule has 0 spiro atoms. The van der Waals surface area contributed by atoms with Gasteiger partial charge in [-0.3, -0.25) is 4.57 Å². The average Bonchev–Trinajstić information content (AvgIpc) is 2.29. The average molecular weight is 220 g/mol. The molecule has 0 aliphatic rings.